The van der Waals surface area contributed by atoms with E-state index < -0.39 is 0 Å². The predicted molar refractivity (Wildman–Crippen MR) is 131 cm³/mol. The zero-order valence-corrected chi connectivity index (χ0v) is 19.2. The summed E-state index contributed by atoms with van der Waals surface area (Å²) >= 11 is 1.33. The zero-order valence-electron chi connectivity index (χ0n) is 18.4. The molecule has 0 atom stereocenters. The van der Waals surface area contributed by atoms with Gasteiger partial charge >= 0.3 is 0 Å². The molecule has 3 rings (SSSR count). The van der Waals surface area contributed by atoms with Gasteiger partial charge in [-0.2, -0.15) is 0 Å². The number of thioether (sulfide) groups is 1. The molecule has 3 aromatic rings. The second kappa shape index (κ2) is 12.0. The lowest BCUT2D eigenvalue weighted by atomic mass is 10.1. The predicted octanol–water partition coefficient (Wildman–Crippen LogP) is 4.90. The first-order chi connectivity index (χ1) is 15.5. The third kappa shape index (κ3) is 7.46. The molecule has 6 heteroatoms. The van der Waals surface area contributed by atoms with Gasteiger partial charge in [0.15, 0.2) is 0 Å². The molecule has 0 unspecified atom stereocenters. The Morgan fingerprint density at radius 3 is 2.22 bits per heavy atom. The summed E-state index contributed by atoms with van der Waals surface area (Å²) in [6.07, 6.45) is 0. The molecule has 32 heavy (non-hydrogen) atoms. The number of hydrogen-bond acceptors (Lipinski definition) is 4. The van der Waals surface area contributed by atoms with Gasteiger partial charge in [-0.15, -0.1) is 11.8 Å². The van der Waals surface area contributed by atoms with E-state index >= 15 is 0 Å². The summed E-state index contributed by atoms with van der Waals surface area (Å²) in [4.78, 5) is 27.1. The van der Waals surface area contributed by atoms with E-state index in [1.165, 1.54) is 11.8 Å². The Kier molecular flexibility index (Phi) is 8.75. The Labute approximate surface area is 193 Å². The van der Waals surface area contributed by atoms with Crippen molar-refractivity contribution < 1.29 is 14.3 Å². The number of nitrogens with zero attached hydrogens (tertiary/aromatic N) is 1. The highest BCUT2D eigenvalue weighted by Crippen LogP contribution is 2.17. The van der Waals surface area contributed by atoms with E-state index in [2.05, 4.69) is 5.32 Å². The second-order valence-electron chi connectivity index (χ2n) is 7.49. The summed E-state index contributed by atoms with van der Waals surface area (Å²) in [5.41, 5.74) is 3.95. The molecule has 0 heterocycles. The molecule has 0 spiro atoms. The zero-order chi connectivity index (χ0) is 22.8. The van der Waals surface area contributed by atoms with Gasteiger partial charge in [0.05, 0.1) is 18.6 Å². The fourth-order valence-corrected chi connectivity index (χ4v) is 3.95. The molecule has 5 nitrogen and oxygen atoms in total. The minimum Gasteiger partial charge on any atom is -0.497 e. The van der Waals surface area contributed by atoms with Crippen molar-refractivity contribution in [1.29, 1.82) is 0 Å². The van der Waals surface area contributed by atoms with Crippen LogP contribution in [0.25, 0.3) is 0 Å². The number of ether oxygens (including phenoxy) is 1. The second-order valence-corrected chi connectivity index (χ2v) is 8.48. The molecule has 0 aliphatic carbocycles. The Morgan fingerprint density at radius 2 is 1.56 bits per heavy atom. The van der Waals surface area contributed by atoms with Crippen molar-refractivity contribution >= 4 is 29.3 Å². The van der Waals surface area contributed by atoms with E-state index in [0.717, 1.165) is 28.1 Å². The number of hydrogen-bond donors (Lipinski definition) is 1. The summed E-state index contributed by atoms with van der Waals surface area (Å²) < 4.78 is 5.22. The number of aryl methyl sites for hydroxylation is 1. The van der Waals surface area contributed by atoms with Gasteiger partial charge in [-0.1, -0.05) is 54.6 Å². The molecule has 1 N–H and O–H groups in total. The average Bonchev–Trinajstić information content (AvgIpc) is 2.80. The first-order valence-electron chi connectivity index (χ1n) is 10.4. The molecule has 0 radical (unpaired) electrons. The van der Waals surface area contributed by atoms with E-state index in [-0.39, 0.29) is 23.3 Å². The smallest absolute Gasteiger partial charge is 0.234 e. The lowest BCUT2D eigenvalue weighted by Gasteiger charge is -2.23. The highest BCUT2D eigenvalue weighted by molar-refractivity contribution is 8.00. The lowest BCUT2D eigenvalue weighted by Crippen LogP contribution is -2.32. The summed E-state index contributed by atoms with van der Waals surface area (Å²) in [6, 6.07) is 25.3. The molecular weight excluding hydrogens is 420 g/mol. The molecule has 0 aromatic heterocycles. The number of carbonyl (C=O) groups excluding carboxylic acids is 2. The van der Waals surface area contributed by atoms with Crippen molar-refractivity contribution in [3.05, 3.63) is 95.6 Å². The van der Waals surface area contributed by atoms with Crippen LogP contribution >= 0.6 is 11.8 Å². The third-order valence-corrected chi connectivity index (χ3v) is 5.78. The number of rotatable bonds is 10. The quantitative estimate of drug-likeness (QED) is 0.479. The molecule has 0 bridgehead atoms. The van der Waals surface area contributed by atoms with Crippen LogP contribution in [0.2, 0.25) is 0 Å². The molecule has 166 valence electrons. The van der Waals surface area contributed by atoms with E-state index in [1.54, 1.807) is 7.11 Å². The highest BCUT2D eigenvalue weighted by atomic mass is 32.2. The van der Waals surface area contributed by atoms with Crippen molar-refractivity contribution in [1.82, 2.24) is 4.90 Å². The van der Waals surface area contributed by atoms with Crippen LogP contribution in [0.1, 0.15) is 16.7 Å². The molecule has 0 aliphatic heterocycles. The monoisotopic (exact) mass is 448 g/mol. The number of anilines is 1. The number of carbonyl (C=O) groups is 2. The van der Waals surface area contributed by atoms with Crippen molar-refractivity contribution in [2.45, 2.75) is 20.0 Å². The highest BCUT2D eigenvalue weighted by Gasteiger charge is 2.16. The summed E-state index contributed by atoms with van der Waals surface area (Å²) in [5.74, 6) is 1.13. The van der Waals surface area contributed by atoms with Gasteiger partial charge in [-0.3, -0.25) is 9.59 Å². The van der Waals surface area contributed by atoms with Gasteiger partial charge in [0.2, 0.25) is 11.8 Å². The van der Waals surface area contributed by atoms with E-state index in [1.807, 2.05) is 90.7 Å². The fraction of sp³-hybridized carbons (Fsp3) is 0.231. The standard InChI is InChI=1S/C26H28N2O3S/c1-20-7-6-10-23(15-20)27-25(29)18-32-19-26(30)28(16-21-8-4-3-5-9-21)17-22-11-13-24(31-2)14-12-22/h3-15H,16-19H2,1-2H3,(H,27,29). The van der Waals surface area contributed by atoms with Crippen LogP contribution in [0.3, 0.4) is 0 Å². The average molecular weight is 449 g/mol. The maximum atomic E-state index is 13.0. The molecule has 0 aliphatic rings. The number of methoxy groups -OCH3 is 1. The van der Waals surface area contributed by atoms with Crippen molar-refractivity contribution in [3.63, 3.8) is 0 Å². The van der Waals surface area contributed by atoms with Crippen LogP contribution in [0.5, 0.6) is 5.75 Å². The Balaban J connectivity index is 1.57. The van der Waals surface area contributed by atoms with Gasteiger partial charge in [-0.25, -0.2) is 0 Å². The first-order valence-corrected chi connectivity index (χ1v) is 11.6. The Morgan fingerprint density at radius 1 is 0.875 bits per heavy atom. The molecular formula is C26H28N2O3S. The van der Waals surface area contributed by atoms with Crippen molar-refractivity contribution in [2.24, 2.45) is 0 Å². The normalized spacial score (nSPS) is 10.4. The minimum atomic E-state index is -0.113. The Hall–Kier alpha value is -3.25. The third-order valence-electron chi connectivity index (χ3n) is 4.86. The van der Waals surface area contributed by atoms with Crippen LogP contribution < -0.4 is 10.1 Å². The summed E-state index contributed by atoms with van der Waals surface area (Å²) in [6.45, 7) is 2.99. The summed E-state index contributed by atoms with van der Waals surface area (Å²) in [7, 11) is 1.63. The SMILES string of the molecule is COc1ccc(CN(Cc2ccccc2)C(=O)CSCC(=O)Nc2cccc(C)c2)cc1. The van der Waals surface area contributed by atoms with Crippen LogP contribution in [0, 0.1) is 6.92 Å². The lowest BCUT2D eigenvalue weighted by molar-refractivity contribution is -0.129. The van der Waals surface area contributed by atoms with Crippen LogP contribution in [0.4, 0.5) is 5.69 Å². The van der Waals surface area contributed by atoms with Gasteiger partial charge < -0.3 is 15.0 Å². The fourth-order valence-electron chi connectivity index (χ4n) is 3.23. The Bertz CT molecular complexity index is 1020. The van der Waals surface area contributed by atoms with Crippen molar-refractivity contribution in [2.75, 3.05) is 23.9 Å². The number of nitrogens with one attached hydrogen (secondary N) is 1. The minimum absolute atomic E-state index is 0.00183. The maximum absolute atomic E-state index is 13.0. The molecule has 0 saturated heterocycles. The van der Waals surface area contributed by atoms with Gasteiger partial charge in [-0.05, 0) is 47.9 Å². The first kappa shape index (κ1) is 23.4. The molecule has 2 amide bonds. The molecule has 0 saturated carbocycles. The molecule has 3 aromatic carbocycles. The van der Waals surface area contributed by atoms with Gasteiger partial charge in [0.1, 0.15) is 5.75 Å². The largest absolute Gasteiger partial charge is 0.497 e. The van der Waals surface area contributed by atoms with Gasteiger partial charge in [0, 0.05) is 18.8 Å². The number of benzene rings is 3. The number of amides is 2. The van der Waals surface area contributed by atoms with Crippen LogP contribution in [-0.4, -0.2) is 35.3 Å². The topological polar surface area (TPSA) is 58.6 Å². The maximum Gasteiger partial charge on any atom is 0.234 e. The molecule has 0 fully saturated rings. The van der Waals surface area contributed by atoms with E-state index in [0.29, 0.717) is 13.1 Å². The van der Waals surface area contributed by atoms with Crippen LogP contribution in [0.15, 0.2) is 78.9 Å². The van der Waals surface area contributed by atoms with Crippen molar-refractivity contribution in [3.8, 4) is 5.75 Å². The van der Waals surface area contributed by atoms with E-state index in [4.69, 9.17) is 4.74 Å². The van der Waals surface area contributed by atoms with E-state index in [9.17, 15) is 9.59 Å². The van der Waals surface area contributed by atoms with Gasteiger partial charge in [0.25, 0.3) is 0 Å². The van der Waals surface area contributed by atoms with Crippen LogP contribution in [-0.2, 0) is 22.7 Å². The summed E-state index contributed by atoms with van der Waals surface area (Å²) in [5, 5.41) is 2.88.